The van der Waals surface area contributed by atoms with E-state index >= 15 is 0 Å². The Morgan fingerprint density at radius 1 is 1.10 bits per heavy atom. The van der Waals surface area contributed by atoms with Crippen molar-refractivity contribution in [3.05, 3.63) is 67.1 Å². The van der Waals surface area contributed by atoms with Gasteiger partial charge >= 0.3 is 0 Å². The fourth-order valence-electron chi connectivity index (χ4n) is 2.88. The lowest BCUT2D eigenvalue weighted by Gasteiger charge is -2.14. The monoisotopic (exact) mass is 405 g/mol. The number of para-hydroxylation sites is 3. The van der Waals surface area contributed by atoms with E-state index in [1.54, 1.807) is 30.1 Å². The molecular formula is C21H19N5O2S. The number of thioether (sulfide) groups is 1. The van der Waals surface area contributed by atoms with Gasteiger partial charge in [-0.1, -0.05) is 42.1 Å². The molecule has 2 aromatic carbocycles. The van der Waals surface area contributed by atoms with Crippen LogP contribution in [0.1, 0.15) is 6.92 Å². The number of carbonyl (C=O) groups excluding carboxylic acids is 1. The molecule has 0 spiro atoms. The highest BCUT2D eigenvalue weighted by atomic mass is 32.2. The number of nitrogens with zero attached hydrogens (tertiary/aromatic N) is 4. The van der Waals surface area contributed by atoms with Gasteiger partial charge in [0.2, 0.25) is 5.91 Å². The minimum absolute atomic E-state index is 0.137. The summed E-state index contributed by atoms with van der Waals surface area (Å²) in [7, 11) is 1.57. The fourth-order valence-corrected chi connectivity index (χ4v) is 3.76. The molecule has 7 nitrogen and oxygen atoms in total. The highest BCUT2D eigenvalue weighted by molar-refractivity contribution is 8.00. The van der Waals surface area contributed by atoms with Crippen molar-refractivity contribution < 1.29 is 9.53 Å². The second kappa shape index (κ2) is 8.32. The summed E-state index contributed by atoms with van der Waals surface area (Å²) in [6, 6.07) is 17.1. The third-order valence-corrected chi connectivity index (χ3v) is 5.47. The maximum atomic E-state index is 12.7. The van der Waals surface area contributed by atoms with Crippen LogP contribution in [-0.4, -0.2) is 38.0 Å². The van der Waals surface area contributed by atoms with Gasteiger partial charge in [0.1, 0.15) is 17.1 Å². The number of fused-ring (bicyclic) bond motifs is 1. The van der Waals surface area contributed by atoms with E-state index in [2.05, 4.69) is 20.4 Å². The van der Waals surface area contributed by atoms with Crippen molar-refractivity contribution in [2.75, 3.05) is 12.4 Å². The maximum Gasteiger partial charge on any atom is 0.237 e. The summed E-state index contributed by atoms with van der Waals surface area (Å²) in [6.07, 6.45) is 3.23. The Labute approximate surface area is 172 Å². The molecule has 0 fully saturated rings. The van der Waals surface area contributed by atoms with Crippen molar-refractivity contribution >= 4 is 34.4 Å². The molecule has 0 saturated heterocycles. The van der Waals surface area contributed by atoms with Gasteiger partial charge in [-0.2, -0.15) is 5.10 Å². The van der Waals surface area contributed by atoms with Crippen LogP contribution >= 0.6 is 11.8 Å². The second-order valence-electron chi connectivity index (χ2n) is 6.26. The van der Waals surface area contributed by atoms with E-state index in [9.17, 15) is 4.79 Å². The smallest absolute Gasteiger partial charge is 0.237 e. The number of methoxy groups -OCH3 is 1. The Morgan fingerprint density at radius 3 is 2.66 bits per heavy atom. The standard InChI is InChI=1S/C21H19N5O2S/c1-14(20(27)25-17-10-6-7-11-18(17)28-2)29-21-16-12-24-26(19(16)22-13-23-21)15-8-4-3-5-9-15/h3-14H,1-2H3,(H,25,27)/t14-/m0/s1. The minimum Gasteiger partial charge on any atom is -0.495 e. The van der Waals surface area contributed by atoms with Crippen LogP contribution in [0.3, 0.4) is 0 Å². The Hall–Kier alpha value is -3.39. The molecule has 29 heavy (non-hydrogen) atoms. The zero-order chi connectivity index (χ0) is 20.2. The largest absolute Gasteiger partial charge is 0.495 e. The molecule has 2 heterocycles. The number of hydrogen-bond acceptors (Lipinski definition) is 6. The average Bonchev–Trinajstić information content (AvgIpc) is 3.20. The van der Waals surface area contributed by atoms with Crippen molar-refractivity contribution in [2.24, 2.45) is 0 Å². The van der Waals surface area contributed by atoms with Crippen molar-refractivity contribution in [1.29, 1.82) is 0 Å². The third kappa shape index (κ3) is 3.93. The van der Waals surface area contributed by atoms with Crippen molar-refractivity contribution in [1.82, 2.24) is 19.7 Å². The maximum absolute atomic E-state index is 12.7. The molecule has 4 aromatic rings. The predicted octanol–water partition coefficient (Wildman–Crippen LogP) is 3.94. The molecule has 4 rings (SSSR count). The van der Waals surface area contributed by atoms with Crippen LogP contribution in [0, 0.1) is 0 Å². The first-order valence-electron chi connectivity index (χ1n) is 9.02. The van der Waals surface area contributed by atoms with E-state index < -0.39 is 0 Å². The molecule has 0 aliphatic carbocycles. The Balaban J connectivity index is 1.56. The topological polar surface area (TPSA) is 81.9 Å². The second-order valence-corrected chi connectivity index (χ2v) is 7.59. The van der Waals surface area contributed by atoms with Gasteiger partial charge in [0.05, 0.1) is 35.3 Å². The number of hydrogen-bond donors (Lipinski definition) is 1. The zero-order valence-electron chi connectivity index (χ0n) is 15.9. The molecule has 1 amide bonds. The van der Waals surface area contributed by atoms with E-state index in [-0.39, 0.29) is 11.2 Å². The lowest BCUT2D eigenvalue weighted by Crippen LogP contribution is -2.22. The minimum atomic E-state index is -0.377. The van der Waals surface area contributed by atoms with Crippen LogP contribution in [0.25, 0.3) is 16.7 Å². The molecule has 0 bridgehead atoms. The van der Waals surface area contributed by atoms with Gasteiger partial charge in [0.25, 0.3) is 0 Å². The van der Waals surface area contributed by atoms with Crippen LogP contribution in [0.2, 0.25) is 0 Å². The molecule has 0 radical (unpaired) electrons. The van der Waals surface area contributed by atoms with Gasteiger partial charge < -0.3 is 10.1 Å². The van der Waals surface area contributed by atoms with Crippen LogP contribution in [0.5, 0.6) is 5.75 Å². The first kappa shape index (κ1) is 18.9. The number of amides is 1. The summed E-state index contributed by atoms with van der Waals surface area (Å²) < 4.78 is 7.06. The molecule has 1 N–H and O–H groups in total. The molecule has 2 aromatic heterocycles. The van der Waals surface area contributed by atoms with Crippen molar-refractivity contribution in [3.8, 4) is 11.4 Å². The first-order valence-corrected chi connectivity index (χ1v) is 9.90. The quantitative estimate of drug-likeness (QED) is 0.386. The van der Waals surface area contributed by atoms with Crippen molar-refractivity contribution in [2.45, 2.75) is 17.2 Å². The summed E-state index contributed by atoms with van der Waals surface area (Å²) in [5.41, 5.74) is 2.25. The zero-order valence-corrected chi connectivity index (χ0v) is 16.8. The summed E-state index contributed by atoms with van der Waals surface area (Å²) in [6.45, 7) is 1.84. The molecule has 0 unspecified atom stereocenters. The highest BCUT2D eigenvalue weighted by Crippen LogP contribution is 2.30. The molecule has 1 atom stereocenters. The third-order valence-electron chi connectivity index (χ3n) is 4.35. The lowest BCUT2D eigenvalue weighted by molar-refractivity contribution is -0.115. The molecule has 8 heteroatoms. The number of aromatic nitrogens is 4. The predicted molar refractivity (Wildman–Crippen MR) is 114 cm³/mol. The van der Waals surface area contributed by atoms with E-state index in [1.807, 2.05) is 49.4 Å². The first-order chi connectivity index (χ1) is 14.2. The van der Waals surface area contributed by atoms with E-state index in [0.29, 0.717) is 22.1 Å². The number of carbonyl (C=O) groups is 1. The van der Waals surface area contributed by atoms with Crippen LogP contribution in [0.4, 0.5) is 5.69 Å². The summed E-state index contributed by atoms with van der Waals surface area (Å²) >= 11 is 1.37. The molecule has 0 saturated carbocycles. The van der Waals surface area contributed by atoms with Crippen molar-refractivity contribution in [3.63, 3.8) is 0 Å². The van der Waals surface area contributed by atoms with Gasteiger partial charge in [-0.3, -0.25) is 4.79 Å². The summed E-state index contributed by atoms with van der Waals surface area (Å²) in [4.78, 5) is 21.4. The number of anilines is 1. The number of ether oxygens (including phenoxy) is 1. The molecule has 0 aliphatic heterocycles. The SMILES string of the molecule is COc1ccccc1NC(=O)[C@H](C)Sc1ncnc2c1cnn2-c1ccccc1. The summed E-state index contributed by atoms with van der Waals surface area (Å²) in [5.74, 6) is 0.480. The Morgan fingerprint density at radius 2 is 1.86 bits per heavy atom. The van der Waals surface area contributed by atoms with E-state index in [0.717, 1.165) is 11.1 Å². The summed E-state index contributed by atoms with van der Waals surface area (Å²) in [5, 5.41) is 8.50. The van der Waals surface area contributed by atoms with Gasteiger partial charge in [-0.15, -0.1) is 0 Å². The van der Waals surface area contributed by atoms with Gasteiger partial charge in [-0.05, 0) is 31.2 Å². The average molecular weight is 405 g/mol. The highest BCUT2D eigenvalue weighted by Gasteiger charge is 2.20. The van der Waals surface area contributed by atoms with Crippen LogP contribution in [-0.2, 0) is 4.79 Å². The van der Waals surface area contributed by atoms with Gasteiger partial charge in [-0.25, -0.2) is 14.6 Å². The number of benzene rings is 2. The van der Waals surface area contributed by atoms with Crippen LogP contribution < -0.4 is 10.1 Å². The van der Waals surface area contributed by atoms with Gasteiger partial charge in [0, 0.05) is 0 Å². The molecular weight excluding hydrogens is 386 g/mol. The number of rotatable bonds is 6. The van der Waals surface area contributed by atoms with Crippen LogP contribution in [0.15, 0.2) is 72.1 Å². The van der Waals surface area contributed by atoms with Gasteiger partial charge in [0.15, 0.2) is 5.65 Å². The molecule has 146 valence electrons. The lowest BCUT2D eigenvalue weighted by atomic mass is 10.3. The fraction of sp³-hybridized carbons (Fsp3) is 0.143. The normalized spacial score (nSPS) is 11.9. The Kier molecular flexibility index (Phi) is 5.44. The molecule has 0 aliphatic rings. The van der Waals surface area contributed by atoms with E-state index in [1.165, 1.54) is 18.1 Å². The Bertz CT molecular complexity index is 1150. The van der Waals surface area contributed by atoms with E-state index in [4.69, 9.17) is 4.74 Å². The number of nitrogens with one attached hydrogen (secondary N) is 1.